The Balaban J connectivity index is 2.02. The van der Waals surface area contributed by atoms with Crippen LogP contribution in [0, 0.1) is 5.92 Å². The molecule has 1 heterocycles. The smallest absolute Gasteiger partial charge is 0.0361 e. The lowest BCUT2D eigenvalue weighted by Crippen LogP contribution is -2.01. The fraction of sp³-hybridized carbons (Fsp3) is 0.600. The molecule has 1 aromatic rings. The van der Waals surface area contributed by atoms with Crippen molar-refractivity contribution in [2.75, 3.05) is 0 Å². The number of hydrogen-bond acceptors (Lipinski definition) is 2. The van der Waals surface area contributed by atoms with Crippen LogP contribution < -0.4 is 5.73 Å². The van der Waals surface area contributed by atoms with E-state index in [4.69, 9.17) is 5.73 Å². The molecule has 12 heavy (non-hydrogen) atoms. The van der Waals surface area contributed by atoms with E-state index in [1.54, 1.807) is 0 Å². The lowest BCUT2D eigenvalue weighted by Gasteiger charge is -1.98. The molecule has 0 unspecified atom stereocenters. The summed E-state index contributed by atoms with van der Waals surface area (Å²) < 4.78 is 0. The standard InChI is InChI=1S/C10H15NS/c1-7(11)10-5-4-9(12-10)6-8-2-3-8/h4-5,7-8H,2-3,6,11H2,1H3/t7-/m1/s1. The molecule has 1 fully saturated rings. The average Bonchev–Trinajstić information content (AvgIpc) is 2.66. The molecule has 1 nitrogen and oxygen atoms in total. The van der Waals surface area contributed by atoms with E-state index < -0.39 is 0 Å². The summed E-state index contributed by atoms with van der Waals surface area (Å²) in [6, 6.07) is 4.62. The Bertz CT molecular complexity index is 261. The third-order valence-electron chi connectivity index (χ3n) is 2.32. The molecule has 2 rings (SSSR count). The van der Waals surface area contributed by atoms with Crippen LogP contribution in [0.5, 0.6) is 0 Å². The minimum Gasteiger partial charge on any atom is -0.324 e. The molecule has 1 aliphatic rings. The van der Waals surface area contributed by atoms with Crippen LogP contribution in [0.25, 0.3) is 0 Å². The number of thiophene rings is 1. The zero-order chi connectivity index (χ0) is 8.55. The maximum Gasteiger partial charge on any atom is 0.0361 e. The molecule has 1 saturated carbocycles. The first-order valence-electron chi connectivity index (χ1n) is 4.60. The second-order valence-corrected chi connectivity index (χ2v) is 4.94. The molecule has 0 radical (unpaired) electrons. The van der Waals surface area contributed by atoms with E-state index in [9.17, 15) is 0 Å². The first-order chi connectivity index (χ1) is 5.75. The Morgan fingerprint density at radius 3 is 2.83 bits per heavy atom. The lowest BCUT2D eigenvalue weighted by atomic mass is 10.2. The first-order valence-corrected chi connectivity index (χ1v) is 5.41. The van der Waals surface area contributed by atoms with E-state index in [0.29, 0.717) is 0 Å². The van der Waals surface area contributed by atoms with Crippen LogP contribution >= 0.6 is 11.3 Å². The van der Waals surface area contributed by atoms with Gasteiger partial charge in [-0.2, -0.15) is 0 Å². The molecule has 0 aromatic carbocycles. The van der Waals surface area contributed by atoms with Crippen LogP contribution in [-0.2, 0) is 6.42 Å². The predicted octanol–water partition coefficient (Wildman–Crippen LogP) is 2.72. The lowest BCUT2D eigenvalue weighted by molar-refractivity contribution is 0.838. The topological polar surface area (TPSA) is 26.0 Å². The summed E-state index contributed by atoms with van der Waals surface area (Å²) in [6.07, 6.45) is 4.16. The van der Waals surface area contributed by atoms with Crippen LogP contribution in [0.3, 0.4) is 0 Å². The van der Waals surface area contributed by atoms with E-state index in [2.05, 4.69) is 12.1 Å². The van der Waals surface area contributed by atoms with Gasteiger partial charge >= 0.3 is 0 Å². The van der Waals surface area contributed by atoms with Gasteiger partial charge in [0, 0.05) is 15.8 Å². The van der Waals surface area contributed by atoms with Gasteiger partial charge in [-0.3, -0.25) is 0 Å². The quantitative estimate of drug-likeness (QED) is 0.762. The van der Waals surface area contributed by atoms with Crippen molar-refractivity contribution in [3.63, 3.8) is 0 Å². The highest BCUT2D eigenvalue weighted by atomic mass is 32.1. The Kier molecular flexibility index (Phi) is 2.20. The summed E-state index contributed by atoms with van der Waals surface area (Å²) in [6.45, 7) is 2.05. The van der Waals surface area contributed by atoms with Crippen molar-refractivity contribution < 1.29 is 0 Å². The van der Waals surface area contributed by atoms with Crippen molar-refractivity contribution in [3.8, 4) is 0 Å². The summed E-state index contributed by atoms with van der Waals surface area (Å²) in [5, 5.41) is 0. The third kappa shape index (κ3) is 1.87. The molecule has 0 spiro atoms. The van der Waals surface area contributed by atoms with Crippen molar-refractivity contribution in [2.24, 2.45) is 11.7 Å². The molecule has 2 N–H and O–H groups in total. The Morgan fingerprint density at radius 1 is 1.58 bits per heavy atom. The normalized spacial score (nSPS) is 19.5. The van der Waals surface area contributed by atoms with Crippen molar-refractivity contribution in [3.05, 3.63) is 21.9 Å². The van der Waals surface area contributed by atoms with Gasteiger partial charge in [-0.05, 0) is 44.2 Å². The maximum atomic E-state index is 5.78. The molecule has 0 amide bonds. The zero-order valence-corrected chi connectivity index (χ0v) is 8.23. The fourth-order valence-electron chi connectivity index (χ4n) is 1.36. The molecule has 0 bridgehead atoms. The largest absolute Gasteiger partial charge is 0.324 e. The van der Waals surface area contributed by atoms with Crippen molar-refractivity contribution in [2.45, 2.75) is 32.2 Å². The summed E-state index contributed by atoms with van der Waals surface area (Å²) in [5.41, 5.74) is 5.78. The summed E-state index contributed by atoms with van der Waals surface area (Å²) in [5.74, 6) is 0.990. The van der Waals surface area contributed by atoms with Crippen LogP contribution in [0.15, 0.2) is 12.1 Å². The Labute approximate surface area is 77.6 Å². The third-order valence-corrected chi connectivity index (χ3v) is 3.63. The molecule has 2 heteroatoms. The van der Waals surface area contributed by atoms with Crippen molar-refractivity contribution in [1.29, 1.82) is 0 Å². The molecule has 1 aromatic heterocycles. The molecule has 1 aliphatic carbocycles. The molecular weight excluding hydrogens is 166 g/mol. The van der Waals surface area contributed by atoms with Gasteiger partial charge in [-0.15, -0.1) is 11.3 Å². The molecule has 66 valence electrons. The average molecular weight is 181 g/mol. The highest BCUT2D eigenvalue weighted by Gasteiger charge is 2.22. The van der Waals surface area contributed by atoms with Crippen molar-refractivity contribution in [1.82, 2.24) is 0 Å². The van der Waals surface area contributed by atoms with Gasteiger partial charge in [0.15, 0.2) is 0 Å². The van der Waals surface area contributed by atoms with Gasteiger partial charge in [0.05, 0.1) is 0 Å². The number of rotatable bonds is 3. The van der Waals surface area contributed by atoms with Crippen LogP contribution in [0.1, 0.15) is 35.6 Å². The van der Waals surface area contributed by atoms with E-state index in [1.165, 1.54) is 29.0 Å². The zero-order valence-electron chi connectivity index (χ0n) is 7.42. The Hall–Kier alpha value is -0.340. The van der Waals surface area contributed by atoms with Gasteiger partial charge in [0.25, 0.3) is 0 Å². The second-order valence-electron chi connectivity index (χ2n) is 3.74. The van der Waals surface area contributed by atoms with Crippen LogP contribution in [0.4, 0.5) is 0 Å². The predicted molar refractivity (Wildman–Crippen MR) is 53.3 cm³/mol. The van der Waals surface area contributed by atoms with E-state index >= 15 is 0 Å². The molecule has 0 aliphatic heterocycles. The highest BCUT2D eigenvalue weighted by molar-refractivity contribution is 7.12. The molecule has 0 saturated heterocycles. The monoisotopic (exact) mass is 181 g/mol. The Morgan fingerprint density at radius 2 is 2.33 bits per heavy atom. The van der Waals surface area contributed by atoms with E-state index in [0.717, 1.165) is 5.92 Å². The fourth-order valence-corrected chi connectivity index (χ4v) is 2.44. The second kappa shape index (κ2) is 3.19. The summed E-state index contributed by atoms with van der Waals surface area (Å²) in [4.78, 5) is 2.84. The SMILES string of the molecule is C[C@@H](N)c1ccc(CC2CC2)s1. The van der Waals surface area contributed by atoms with Gasteiger partial charge < -0.3 is 5.73 Å². The first kappa shape index (κ1) is 8.27. The van der Waals surface area contributed by atoms with Gasteiger partial charge in [0.2, 0.25) is 0 Å². The number of nitrogens with two attached hydrogens (primary N) is 1. The molecule has 1 atom stereocenters. The minimum atomic E-state index is 0.211. The van der Waals surface area contributed by atoms with Crippen LogP contribution in [0.2, 0.25) is 0 Å². The number of hydrogen-bond donors (Lipinski definition) is 1. The van der Waals surface area contributed by atoms with Gasteiger partial charge in [-0.1, -0.05) is 0 Å². The van der Waals surface area contributed by atoms with E-state index in [-0.39, 0.29) is 6.04 Å². The highest BCUT2D eigenvalue weighted by Crippen LogP contribution is 2.35. The summed E-state index contributed by atoms with van der Waals surface area (Å²) in [7, 11) is 0. The van der Waals surface area contributed by atoms with Crippen molar-refractivity contribution >= 4 is 11.3 Å². The molecular formula is C10H15NS. The minimum absolute atomic E-state index is 0.211. The van der Waals surface area contributed by atoms with E-state index in [1.807, 2.05) is 18.3 Å². The van der Waals surface area contributed by atoms with Gasteiger partial charge in [0.1, 0.15) is 0 Å². The van der Waals surface area contributed by atoms with Gasteiger partial charge in [-0.25, -0.2) is 0 Å². The van der Waals surface area contributed by atoms with Crippen LogP contribution in [-0.4, -0.2) is 0 Å². The summed E-state index contributed by atoms with van der Waals surface area (Å²) >= 11 is 1.88. The maximum absolute atomic E-state index is 5.78.